The molecule has 1 rings (SSSR count). The Hall–Kier alpha value is -0.340. The van der Waals surface area contributed by atoms with Gasteiger partial charge in [-0.1, -0.05) is 4.28 Å². The van der Waals surface area contributed by atoms with E-state index in [1.807, 2.05) is 0 Å². The number of alkyl halides is 3. The van der Waals surface area contributed by atoms with Gasteiger partial charge in [0.05, 0.1) is 0 Å². The van der Waals surface area contributed by atoms with Crippen molar-refractivity contribution in [2.45, 2.75) is 18.3 Å². The minimum atomic E-state index is -5.47. The zero-order valence-electron chi connectivity index (χ0n) is 7.54. The molecule has 0 aliphatic carbocycles. The van der Waals surface area contributed by atoms with Gasteiger partial charge in [0.15, 0.2) is 0 Å². The third-order valence-corrected chi connectivity index (χ3v) is 3.20. The van der Waals surface area contributed by atoms with Crippen LogP contribution in [-0.2, 0) is 14.4 Å². The summed E-state index contributed by atoms with van der Waals surface area (Å²) in [6.07, 6.45) is 1.34. The number of hydrogen-bond donors (Lipinski definition) is 0. The summed E-state index contributed by atoms with van der Waals surface area (Å²) in [7, 11) is -4.14. The first-order valence-electron chi connectivity index (χ1n) is 4.03. The molecule has 0 atom stereocenters. The highest BCUT2D eigenvalue weighted by Crippen LogP contribution is 2.29. The molecule has 84 valence electrons. The Morgan fingerprint density at radius 2 is 1.64 bits per heavy atom. The molecule has 14 heavy (non-hydrogen) atoms. The van der Waals surface area contributed by atoms with Crippen LogP contribution in [0.5, 0.6) is 0 Å². The van der Waals surface area contributed by atoms with Crippen molar-refractivity contribution in [2.24, 2.45) is 0 Å². The largest absolute Gasteiger partial charge is 0.528 e. The fourth-order valence-electron chi connectivity index (χ4n) is 1.36. The first-order chi connectivity index (χ1) is 6.16. The van der Waals surface area contributed by atoms with E-state index in [0.717, 1.165) is 0 Å². The summed E-state index contributed by atoms with van der Waals surface area (Å²) in [5.41, 5.74) is -5.34. The van der Waals surface area contributed by atoms with Crippen LogP contribution in [0.2, 0.25) is 0 Å². The lowest BCUT2D eigenvalue weighted by molar-refractivity contribution is -1.06. The molecule has 1 heterocycles. The van der Waals surface area contributed by atoms with Crippen LogP contribution in [0.15, 0.2) is 0 Å². The van der Waals surface area contributed by atoms with Gasteiger partial charge in [0, 0.05) is 12.8 Å². The molecule has 0 bridgehead atoms. The van der Waals surface area contributed by atoms with Crippen LogP contribution in [-0.4, -0.2) is 38.7 Å². The average Bonchev–Trinajstić information content (AvgIpc) is 2.31. The molecule has 1 aliphatic rings. The highest BCUT2D eigenvalue weighted by molar-refractivity contribution is 7.87. The van der Waals surface area contributed by atoms with E-state index in [1.165, 1.54) is 7.05 Å². The maximum Gasteiger partial charge on any atom is 0.528 e. The van der Waals surface area contributed by atoms with Crippen LogP contribution >= 0.6 is 0 Å². The van der Waals surface area contributed by atoms with E-state index >= 15 is 0 Å². The molecule has 1 saturated heterocycles. The molecule has 0 amide bonds. The zero-order chi connectivity index (χ0) is 11.0. The second-order valence-corrected chi connectivity index (χ2v) is 4.95. The smallest absolute Gasteiger partial charge is 0.185 e. The van der Waals surface area contributed by atoms with Crippen LogP contribution < -0.4 is 0 Å². The Morgan fingerprint density at radius 1 is 1.21 bits per heavy atom. The highest BCUT2D eigenvalue weighted by Gasteiger charge is 2.53. The monoisotopic (exact) mass is 234 g/mol. The minimum Gasteiger partial charge on any atom is -0.185 e. The summed E-state index contributed by atoms with van der Waals surface area (Å²) >= 11 is 0. The molecule has 1 aliphatic heterocycles. The predicted octanol–water partition coefficient (Wildman–Crippen LogP) is 1.01. The van der Waals surface area contributed by atoms with E-state index in [4.69, 9.17) is 0 Å². The van der Waals surface area contributed by atoms with Gasteiger partial charge in [-0.25, -0.2) is 0 Å². The third kappa shape index (κ3) is 2.37. The molecule has 0 N–H and O–H groups in total. The van der Waals surface area contributed by atoms with Crippen LogP contribution in [0.25, 0.3) is 0 Å². The Kier molecular flexibility index (Phi) is 2.81. The van der Waals surface area contributed by atoms with Gasteiger partial charge in [-0.2, -0.15) is 26.2 Å². The van der Waals surface area contributed by atoms with Gasteiger partial charge in [0.2, 0.25) is 0 Å². The number of halogens is 3. The van der Waals surface area contributed by atoms with Gasteiger partial charge in [0.1, 0.15) is 20.1 Å². The van der Waals surface area contributed by atoms with Crippen molar-refractivity contribution in [1.82, 2.24) is 0 Å². The van der Waals surface area contributed by atoms with Crippen molar-refractivity contribution in [3.8, 4) is 0 Å². The molecule has 0 aromatic rings. The van der Waals surface area contributed by atoms with Crippen molar-refractivity contribution < 1.29 is 30.5 Å². The van der Waals surface area contributed by atoms with Gasteiger partial charge in [-0.05, 0) is 0 Å². The SMILES string of the molecule is C[N+]1(OS(=O)(=O)C(F)(F)F)CCCC1. The molecule has 0 saturated carbocycles. The number of rotatable bonds is 2. The molecular weight excluding hydrogens is 223 g/mol. The third-order valence-electron chi connectivity index (χ3n) is 2.07. The van der Waals surface area contributed by atoms with Crippen LogP contribution in [0.1, 0.15) is 12.8 Å². The zero-order valence-corrected chi connectivity index (χ0v) is 8.36. The first kappa shape index (κ1) is 11.7. The molecular formula is C6H11F3NO3S+. The molecule has 8 heteroatoms. The molecule has 1 fully saturated rings. The topological polar surface area (TPSA) is 43.4 Å². The fraction of sp³-hybridized carbons (Fsp3) is 1.00. The summed E-state index contributed by atoms with van der Waals surface area (Å²) in [4.78, 5) is 0. The lowest BCUT2D eigenvalue weighted by atomic mass is 10.4. The van der Waals surface area contributed by atoms with E-state index in [2.05, 4.69) is 4.28 Å². The maximum atomic E-state index is 11.9. The van der Waals surface area contributed by atoms with E-state index in [-0.39, 0.29) is 13.1 Å². The molecule has 0 radical (unpaired) electrons. The lowest BCUT2D eigenvalue weighted by Gasteiger charge is -2.24. The van der Waals surface area contributed by atoms with Gasteiger partial charge in [0.25, 0.3) is 0 Å². The fourth-order valence-corrected chi connectivity index (χ4v) is 2.07. The van der Waals surface area contributed by atoms with E-state index < -0.39 is 20.3 Å². The van der Waals surface area contributed by atoms with Crippen molar-refractivity contribution in [3.63, 3.8) is 0 Å². The van der Waals surface area contributed by atoms with Crippen molar-refractivity contribution in [3.05, 3.63) is 0 Å². The van der Waals surface area contributed by atoms with E-state index in [0.29, 0.717) is 12.8 Å². The number of hydrogen-bond acceptors (Lipinski definition) is 3. The summed E-state index contributed by atoms with van der Waals surface area (Å²) in [5.74, 6) is 0. The highest BCUT2D eigenvalue weighted by atomic mass is 32.2. The Labute approximate surface area is 79.9 Å². The summed E-state index contributed by atoms with van der Waals surface area (Å²) in [5, 5.41) is 0. The first-order valence-corrected chi connectivity index (χ1v) is 5.44. The van der Waals surface area contributed by atoms with Crippen molar-refractivity contribution in [2.75, 3.05) is 20.1 Å². The van der Waals surface area contributed by atoms with Crippen molar-refractivity contribution >= 4 is 10.1 Å². The van der Waals surface area contributed by atoms with Gasteiger partial charge in [-0.3, -0.25) is 0 Å². The second kappa shape index (κ2) is 3.35. The molecule has 0 aromatic heterocycles. The standard InChI is InChI=1S/C6H11F3NO3S/c1-10(4-2-3-5-10)13-14(11,12)6(7,8)9/h2-5H2,1H3/q+1. The normalized spacial score (nSPS) is 22.6. The molecule has 0 unspecified atom stereocenters. The Balaban J connectivity index is 2.78. The predicted molar refractivity (Wildman–Crippen MR) is 41.2 cm³/mol. The minimum absolute atomic E-state index is 0.287. The number of nitrogens with zero attached hydrogens (tertiary/aromatic N) is 1. The van der Waals surface area contributed by atoms with Crippen LogP contribution in [0.3, 0.4) is 0 Å². The molecule has 4 nitrogen and oxygen atoms in total. The lowest BCUT2D eigenvalue weighted by Crippen LogP contribution is -2.45. The Bertz CT molecular complexity index is 305. The van der Waals surface area contributed by atoms with E-state index in [1.54, 1.807) is 0 Å². The van der Waals surface area contributed by atoms with E-state index in [9.17, 15) is 21.6 Å². The van der Waals surface area contributed by atoms with Gasteiger partial charge in [-0.15, -0.1) is 0 Å². The molecule has 0 spiro atoms. The average molecular weight is 234 g/mol. The van der Waals surface area contributed by atoms with Crippen LogP contribution in [0, 0.1) is 0 Å². The second-order valence-electron chi connectivity index (χ2n) is 3.43. The summed E-state index contributed by atoms with van der Waals surface area (Å²) in [6, 6.07) is 0. The number of hydroxylamine groups is 3. The van der Waals surface area contributed by atoms with Gasteiger partial charge < -0.3 is 0 Å². The van der Waals surface area contributed by atoms with Crippen molar-refractivity contribution in [1.29, 1.82) is 0 Å². The summed E-state index contributed by atoms with van der Waals surface area (Å²) < 4.78 is 60.7. The van der Waals surface area contributed by atoms with Crippen LogP contribution in [0.4, 0.5) is 13.2 Å². The maximum absolute atomic E-state index is 11.9. The van der Waals surface area contributed by atoms with Gasteiger partial charge >= 0.3 is 15.6 Å². The Morgan fingerprint density at radius 3 is 2.00 bits per heavy atom. The summed E-state index contributed by atoms with van der Waals surface area (Å²) in [6.45, 7) is 0.574. The number of quaternary nitrogens is 1. The number of likely N-dealkylation sites (tertiary alicyclic amines) is 1. The molecule has 0 aromatic carbocycles. The quantitative estimate of drug-likeness (QED) is 0.529.